The van der Waals surface area contributed by atoms with Gasteiger partial charge in [-0.15, -0.1) is 11.8 Å². The van der Waals surface area contributed by atoms with Gasteiger partial charge in [-0.3, -0.25) is 0 Å². The zero-order valence-electron chi connectivity index (χ0n) is 10.3. The lowest BCUT2D eigenvalue weighted by molar-refractivity contribution is 0.528. The van der Waals surface area contributed by atoms with Gasteiger partial charge < -0.3 is 16.4 Å². The molecule has 0 aliphatic rings. The van der Waals surface area contributed by atoms with Crippen LogP contribution in [0.1, 0.15) is 5.56 Å². The van der Waals surface area contributed by atoms with Crippen LogP contribution >= 0.6 is 11.8 Å². The highest BCUT2D eigenvalue weighted by molar-refractivity contribution is 8.02. The van der Waals surface area contributed by atoms with Gasteiger partial charge >= 0.3 is 0 Å². The van der Waals surface area contributed by atoms with Crippen molar-refractivity contribution in [2.24, 2.45) is 11.5 Å². The summed E-state index contributed by atoms with van der Waals surface area (Å²) in [6.07, 6.45) is 3.43. The Morgan fingerprint density at radius 2 is 1.94 bits per heavy atom. The minimum Gasteiger partial charge on any atom is -0.403 e. The van der Waals surface area contributed by atoms with E-state index in [4.69, 9.17) is 11.5 Å². The van der Waals surface area contributed by atoms with Crippen molar-refractivity contribution in [2.45, 2.75) is 5.75 Å². The average molecular weight is 249 g/mol. The van der Waals surface area contributed by atoms with Gasteiger partial charge in [-0.05, 0) is 11.6 Å². The highest BCUT2D eigenvalue weighted by Gasteiger charge is 1.99. The number of allylic oxidation sites excluding steroid dienone is 1. The van der Waals surface area contributed by atoms with Crippen LogP contribution < -0.4 is 11.5 Å². The second-order valence-corrected chi connectivity index (χ2v) is 4.86. The van der Waals surface area contributed by atoms with Crippen LogP contribution in [-0.2, 0) is 5.75 Å². The van der Waals surface area contributed by atoms with Crippen molar-refractivity contribution in [1.82, 2.24) is 4.90 Å². The largest absolute Gasteiger partial charge is 0.403 e. The van der Waals surface area contributed by atoms with Crippen molar-refractivity contribution >= 4 is 11.8 Å². The van der Waals surface area contributed by atoms with Gasteiger partial charge in [-0.2, -0.15) is 0 Å². The Morgan fingerprint density at radius 1 is 1.29 bits per heavy atom. The van der Waals surface area contributed by atoms with Crippen molar-refractivity contribution in [2.75, 3.05) is 14.1 Å². The van der Waals surface area contributed by atoms with Crippen LogP contribution in [-0.4, -0.2) is 19.0 Å². The maximum atomic E-state index is 5.94. The molecular weight excluding hydrogens is 230 g/mol. The normalized spacial score (nSPS) is 12.6. The van der Waals surface area contributed by atoms with Crippen molar-refractivity contribution < 1.29 is 0 Å². The highest BCUT2D eigenvalue weighted by Crippen LogP contribution is 2.18. The quantitative estimate of drug-likeness (QED) is 0.785. The zero-order chi connectivity index (χ0) is 12.7. The molecule has 1 aromatic rings. The number of nitrogens with zero attached hydrogens (tertiary/aromatic N) is 1. The Bertz CT molecular complexity index is 396. The van der Waals surface area contributed by atoms with E-state index in [0.29, 0.717) is 0 Å². The molecule has 0 atom stereocenters. The van der Waals surface area contributed by atoms with Crippen molar-refractivity contribution in [3.05, 3.63) is 58.9 Å². The van der Waals surface area contributed by atoms with E-state index in [2.05, 4.69) is 12.1 Å². The molecule has 0 unspecified atom stereocenters. The molecule has 0 aliphatic carbocycles. The third kappa shape index (κ3) is 4.87. The van der Waals surface area contributed by atoms with E-state index in [9.17, 15) is 0 Å². The Balaban J connectivity index is 2.55. The zero-order valence-corrected chi connectivity index (χ0v) is 11.1. The van der Waals surface area contributed by atoms with E-state index in [1.807, 2.05) is 43.3 Å². The van der Waals surface area contributed by atoms with E-state index < -0.39 is 0 Å². The number of thioether (sulfide) groups is 1. The van der Waals surface area contributed by atoms with Gasteiger partial charge in [0.15, 0.2) is 0 Å². The molecule has 4 heteroatoms. The Morgan fingerprint density at radius 3 is 2.47 bits per heavy atom. The highest BCUT2D eigenvalue weighted by atomic mass is 32.2. The number of hydrogen-bond acceptors (Lipinski definition) is 4. The Labute approximate surface area is 107 Å². The van der Waals surface area contributed by atoms with Crippen molar-refractivity contribution in [3.8, 4) is 0 Å². The summed E-state index contributed by atoms with van der Waals surface area (Å²) in [5.74, 6) is 0.869. The summed E-state index contributed by atoms with van der Waals surface area (Å²) in [7, 11) is 3.87. The summed E-state index contributed by atoms with van der Waals surface area (Å²) in [6.45, 7) is 0. The molecule has 0 spiro atoms. The second kappa shape index (κ2) is 6.91. The van der Waals surface area contributed by atoms with E-state index in [-0.39, 0.29) is 0 Å². The maximum absolute atomic E-state index is 5.94. The van der Waals surface area contributed by atoms with Crippen LogP contribution in [0.4, 0.5) is 0 Å². The monoisotopic (exact) mass is 249 g/mol. The van der Waals surface area contributed by atoms with Gasteiger partial charge in [0.1, 0.15) is 0 Å². The lowest BCUT2D eigenvalue weighted by Gasteiger charge is -2.13. The third-order valence-corrected chi connectivity index (χ3v) is 3.15. The summed E-state index contributed by atoms with van der Waals surface area (Å²) < 4.78 is 0. The lowest BCUT2D eigenvalue weighted by Crippen LogP contribution is -2.12. The van der Waals surface area contributed by atoms with Crippen LogP contribution in [0.5, 0.6) is 0 Å². The van der Waals surface area contributed by atoms with Gasteiger partial charge in [0, 0.05) is 26.0 Å². The average Bonchev–Trinajstić information content (AvgIpc) is 2.34. The number of hydrogen-bond donors (Lipinski definition) is 2. The summed E-state index contributed by atoms with van der Waals surface area (Å²) in [6, 6.07) is 10.2. The van der Waals surface area contributed by atoms with Gasteiger partial charge in [0.05, 0.1) is 10.7 Å². The standard InChI is InChI=1S/C13H19N3S/c1-16(2)12(9-14)8-13(15)17-10-11-6-4-3-5-7-11/h3-9H,10,14-15H2,1-2H3/b12-9+,13-8+. The molecule has 0 saturated carbocycles. The number of rotatable bonds is 5. The Kier molecular flexibility index (Phi) is 5.49. The van der Waals surface area contributed by atoms with Gasteiger partial charge in [-0.25, -0.2) is 0 Å². The summed E-state index contributed by atoms with van der Waals surface area (Å²) in [5, 5.41) is 0.763. The summed E-state index contributed by atoms with van der Waals surface area (Å²) in [4.78, 5) is 1.93. The first-order valence-corrected chi connectivity index (χ1v) is 6.35. The number of likely N-dealkylation sites (N-methyl/N-ethyl adjacent to an activating group) is 1. The number of benzene rings is 1. The second-order valence-electron chi connectivity index (χ2n) is 3.81. The van der Waals surface area contributed by atoms with Crippen LogP contribution in [0.2, 0.25) is 0 Å². The number of nitrogens with two attached hydrogens (primary N) is 2. The molecule has 3 nitrogen and oxygen atoms in total. The molecule has 92 valence electrons. The fourth-order valence-electron chi connectivity index (χ4n) is 1.25. The maximum Gasteiger partial charge on any atom is 0.0679 e. The molecule has 0 heterocycles. The fourth-order valence-corrected chi connectivity index (χ4v) is 1.98. The molecule has 0 amide bonds. The van der Waals surface area contributed by atoms with Crippen LogP contribution in [0, 0.1) is 0 Å². The molecule has 1 aromatic carbocycles. The van der Waals surface area contributed by atoms with Gasteiger partial charge in [0.25, 0.3) is 0 Å². The van der Waals surface area contributed by atoms with Crippen LogP contribution in [0.25, 0.3) is 0 Å². The minimum atomic E-state index is 0.763. The smallest absolute Gasteiger partial charge is 0.0679 e. The van der Waals surface area contributed by atoms with Crippen LogP contribution in [0.3, 0.4) is 0 Å². The van der Waals surface area contributed by atoms with Crippen molar-refractivity contribution in [1.29, 1.82) is 0 Å². The van der Waals surface area contributed by atoms with E-state index in [1.165, 1.54) is 5.56 Å². The molecule has 4 N–H and O–H groups in total. The molecule has 0 aromatic heterocycles. The first-order valence-electron chi connectivity index (χ1n) is 5.36. The third-order valence-electron chi connectivity index (χ3n) is 2.23. The van der Waals surface area contributed by atoms with Crippen molar-refractivity contribution in [3.63, 3.8) is 0 Å². The van der Waals surface area contributed by atoms with E-state index in [0.717, 1.165) is 16.5 Å². The predicted molar refractivity (Wildman–Crippen MR) is 76.0 cm³/mol. The lowest BCUT2D eigenvalue weighted by atomic mass is 10.2. The van der Waals surface area contributed by atoms with E-state index in [1.54, 1.807) is 18.0 Å². The van der Waals surface area contributed by atoms with Gasteiger partial charge in [0.2, 0.25) is 0 Å². The van der Waals surface area contributed by atoms with Crippen LogP contribution in [0.15, 0.2) is 53.3 Å². The molecule has 0 fully saturated rings. The molecule has 1 rings (SSSR count). The molecule has 0 aliphatic heterocycles. The Hall–Kier alpha value is -1.55. The van der Waals surface area contributed by atoms with E-state index >= 15 is 0 Å². The summed E-state index contributed by atoms with van der Waals surface area (Å²) >= 11 is 1.61. The summed E-state index contributed by atoms with van der Waals surface area (Å²) in [5.41, 5.74) is 13.6. The molecular formula is C13H19N3S. The SMILES string of the molecule is CN(C)C(/C=C(\N)SCc1ccccc1)=C/N. The molecule has 17 heavy (non-hydrogen) atoms. The topological polar surface area (TPSA) is 55.3 Å². The van der Waals surface area contributed by atoms with Gasteiger partial charge in [-0.1, -0.05) is 30.3 Å². The molecule has 0 bridgehead atoms. The molecule has 0 saturated heterocycles. The first-order chi connectivity index (χ1) is 8.13. The molecule has 0 radical (unpaired) electrons. The fraction of sp³-hybridized carbons (Fsp3) is 0.231. The first kappa shape index (κ1) is 13.5. The predicted octanol–water partition coefficient (Wildman–Crippen LogP) is 2.08. The minimum absolute atomic E-state index is 0.763.